The van der Waals surface area contributed by atoms with Gasteiger partial charge in [0.05, 0.1) is 36.7 Å². The van der Waals surface area contributed by atoms with E-state index in [1.807, 2.05) is 30.3 Å². The zero-order valence-electron chi connectivity index (χ0n) is 15.3. The summed E-state index contributed by atoms with van der Waals surface area (Å²) in [5.74, 6) is 0.938. The van der Waals surface area contributed by atoms with Gasteiger partial charge in [-0.05, 0) is 29.8 Å². The number of nitrogens with one attached hydrogen (secondary N) is 1. The van der Waals surface area contributed by atoms with Gasteiger partial charge in [0.15, 0.2) is 11.5 Å². The highest BCUT2D eigenvalue weighted by Gasteiger charge is 2.10. The molecule has 1 aromatic heterocycles. The second-order valence-electron chi connectivity index (χ2n) is 5.65. The number of benzene rings is 2. The molecule has 0 saturated carbocycles. The first kappa shape index (κ1) is 20.0. The monoisotopic (exact) mass is 415 g/mol. The van der Waals surface area contributed by atoms with Crippen molar-refractivity contribution in [1.29, 1.82) is 0 Å². The molecule has 0 aliphatic rings. The highest BCUT2D eigenvalue weighted by Crippen LogP contribution is 2.35. The lowest BCUT2D eigenvalue weighted by molar-refractivity contribution is -0.118. The van der Waals surface area contributed by atoms with Crippen LogP contribution in [0.1, 0.15) is 5.56 Å². The molecule has 0 fully saturated rings. The lowest BCUT2D eigenvalue weighted by Gasteiger charge is -2.09. The number of nitrogens with zero attached hydrogens (tertiary/aromatic N) is 2. The van der Waals surface area contributed by atoms with Gasteiger partial charge < -0.3 is 9.47 Å². The van der Waals surface area contributed by atoms with Crippen molar-refractivity contribution in [2.45, 2.75) is 4.90 Å². The predicted molar refractivity (Wildman–Crippen MR) is 113 cm³/mol. The van der Waals surface area contributed by atoms with E-state index in [0.29, 0.717) is 22.1 Å². The fraction of sp³-hybridized carbons (Fsp3) is 0.150. The van der Waals surface area contributed by atoms with Gasteiger partial charge in [-0.3, -0.25) is 9.78 Å². The number of para-hydroxylation sites is 1. The summed E-state index contributed by atoms with van der Waals surface area (Å²) in [6, 6.07) is 13.2. The van der Waals surface area contributed by atoms with Crippen molar-refractivity contribution >= 4 is 46.4 Å². The molecule has 0 saturated heterocycles. The number of pyridine rings is 1. The SMILES string of the molecule is COc1cc(/C=N\NC(=O)CSc2cccc3cccnc23)cc(Cl)c1OC. The maximum atomic E-state index is 12.1. The average molecular weight is 416 g/mol. The molecule has 0 bridgehead atoms. The molecule has 2 aromatic carbocycles. The predicted octanol–water partition coefficient (Wildman–Crippen LogP) is 4.15. The van der Waals surface area contributed by atoms with Crippen molar-refractivity contribution in [2.75, 3.05) is 20.0 Å². The van der Waals surface area contributed by atoms with E-state index in [4.69, 9.17) is 21.1 Å². The van der Waals surface area contributed by atoms with Gasteiger partial charge in [0.1, 0.15) is 0 Å². The zero-order valence-corrected chi connectivity index (χ0v) is 16.9. The van der Waals surface area contributed by atoms with Gasteiger partial charge >= 0.3 is 0 Å². The van der Waals surface area contributed by atoms with Crippen LogP contribution in [-0.4, -0.2) is 37.1 Å². The number of methoxy groups -OCH3 is 2. The zero-order chi connectivity index (χ0) is 19.9. The van der Waals surface area contributed by atoms with Crippen molar-refractivity contribution < 1.29 is 14.3 Å². The molecule has 1 N–H and O–H groups in total. The number of fused-ring (bicyclic) bond motifs is 1. The molecule has 0 atom stereocenters. The first-order valence-electron chi connectivity index (χ1n) is 8.32. The molecule has 6 nitrogen and oxygen atoms in total. The quantitative estimate of drug-likeness (QED) is 0.356. The molecule has 1 amide bonds. The fourth-order valence-corrected chi connectivity index (χ4v) is 3.69. The minimum Gasteiger partial charge on any atom is -0.493 e. The highest BCUT2D eigenvalue weighted by atomic mass is 35.5. The van der Waals surface area contributed by atoms with Crippen LogP contribution in [0.15, 0.2) is 58.7 Å². The van der Waals surface area contributed by atoms with Crippen LogP contribution in [-0.2, 0) is 4.79 Å². The van der Waals surface area contributed by atoms with Gasteiger partial charge in [0.25, 0.3) is 0 Å². The number of carbonyl (C=O) groups is 1. The van der Waals surface area contributed by atoms with Gasteiger partial charge in [-0.25, -0.2) is 5.43 Å². The normalized spacial score (nSPS) is 11.0. The Kier molecular flexibility index (Phi) is 6.73. The number of halogens is 1. The number of hydrogen-bond acceptors (Lipinski definition) is 6. The van der Waals surface area contributed by atoms with E-state index >= 15 is 0 Å². The molecule has 8 heteroatoms. The number of aromatic nitrogens is 1. The minimum absolute atomic E-state index is 0.222. The van der Waals surface area contributed by atoms with Crippen LogP contribution in [0.5, 0.6) is 11.5 Å². The number of thioether (sulfide) groups is 1. The molecule has 0 spiro atoms. The van der Waals surface area contributed by atoms with E-state index < -0.39 is 0 Å². The van der Waals surface area contributed by atoms with Crippen LogP contribution >= 0.6 is 23.4 Å². The van der Waals surface area contributed by atoms with E-state index in [9.17, 15) is 4.79 Å². The van der Waals surface area contributed by atoms with Crippen LogP contribution in [0.2, 0.25) is 5.02 Å². The topological polar surface area (TPSA) is 72.8 Å². The van der Waals surface area contributed by atoms with Crippen molar-refractivity contribution in [3.8, 4) is 11.5 Å². The summed E-state index contributed by atoms with van der Waals surface area (Å²) in [6.45, 7) is 0. The molecule has 0 aliphatic heterocycles. The van der Waals surface area contributed by atoms with Gasteiger partial charge in [0, 0.05) is 16.5 Å². The average Bonchev–Trinajstić information content (AvgIpc) is 2.71. The first-order chi connectivity index (χ1) is 13.6. The lowest BCUT2D eigenvalue weighted by atomic mass is 10.2. The van der Waals surface area contributed by atoms with E-state index in [0.717, 1.165) is 15.8 Å². The van der Waals surface area contributed by atoms with Crippen LogP contribution in [0.4, 0.5) is 0 Å². The van der Waals surface area contributed by atoms with Crippen LogP contribution < -0.4 is 14.9 Å². The number of ether oxygens (including phenoxy) is 2. The van der Waals surface area contributed by atoms with E-state index in [-0.39, 0.29) is 11.7 Å². The number of carbonyl (C=O) groups excluding carboxylic acids is 1. The maximum Gasteiger partial charge on any atom is 0.250 e. The van der Waals surface area contributed by atoms with Crippen LogP contribution in [0, 0.1) is 0 Å². The molecule has 28 heavy (non-hydrogen) atoms. The largest absolute Gasteiger partial charge is 0.493 e. The Hall–Kier alpha value is -2.77. The summed E-state index contributed by atoms with van der Waals surface area (Å²) >= 11 is 7.57. The molecule has 1 heterocycles. The summed E-state index contributed by atoms with van der Waals surface area (Å²) < 4.78 is 10.4. The molecule has 3 rings (SSSR count). The van der Waals surface area contributed by atoms with Gasteiger partial charge in [0.2, 0.25) is 5.91 Å². The highest BCUT2D eigenvalue weighted by molar-refractivity contribution is 8.00. The van der Waals surface area contributed by atoms with Crippen LogP contribution in [0.3, 0.4) is 0 Å². The Bertz CT molecular complexity index is 1020. The van der Waals surface area contributed by atoms with E-state index in [1.54, 1.807) is 18.3 Å². The Morgan fingerprint density at radius 2 is 2.07 bits per heavy atom. The van der Waals surface area contributed by atoms with Crippen molar-refractivity contribution in [3.05, 3.63) is 59.2 Å². The Morgan fingerprint density at radius 3 is 2.86 bits per heavy atom. The molecule has 144 valence electrons. The van der Waals surface area contributed by atoms with Crippen molar-refractivity contribution in [3.63, 3.8) is 0 Å². The van der Waals surface area contributed by atoms with Gasteiger partial charge in [-0.2, -0.15) is 5.10 Å². The summed E-state index contributed by atoms with van der Waals surface area (Å²) in [5.41, 5.74) is 4.06. The third kappa shape index (κ3) is 4.74. The number of hydrogen-bond donors (Lipinski definition) is 1. The standard InChI is InChI=1S/C20H18ClN3O3S/c1-26-16-10-13(9-15(21)20(16)27-2)11-23-24-18(25)12-28-17-7-3-5-14-6-4-8-22-19(14)17/h3-11H,12H2,1-2H3,(H,24,25)/b23-11-. The molecular formula is C20H18ClN3O3S. The number of rotatable bonds is 7. The molecule has 0 aliphatic carbocycles. The van der Waals surface area contributed by atoms with Crippen LogP contribution in [0.25, 0.3) is 10.9 Å². The van der Waals surface area contributed by atoms with Crippen molar-refractivity contribution in [1.82, 2.24) is 10.4 Å². The summed E-state index contributed by atoms with van der Waals surface area (Å²) in [4.78, 5) is 17.4. The van der Waals surface area contributed by atoms with E-state index in [2.05, 4.69) is 15.5 Å². The van der Waals surface area contributed by atoms with Crippen molar-refractivity contribution in [2.24, 2.45) is 5.10 Å². The number of hydrazone groups is 1. The summed E-state index contributed by atoms with van der Waals surface area (Å²) in [6.07, 6.45) is 3.24. The lowest BCUT2D eigenvalue weighted by Crippen LogP contribution is -2.19. The number of amides is 1. The molecule has 0 unspecified atom stereocenters. The fourth-order valence-electron chi connectivity index (χ4n) is 2.56. The summed E-state index contributed by atoms with van der Waals surface area (Å²) in [7, 11) is 3.04. The van der Waals surface area contributed by atoms with E-state index in [1.165, 1.54) is 32.2 Å². The second kappa shape index (κ2) is 9.43. The molecular weight excluding hydrogens is 398 g/mol. The third-order valence-electron chi connectivity index (χ3n) is 3.81. The van der Waals surface area contributed by atoms with Gasteiger partial charge in [-0.15, -0.1) is 11.8 Å². The molecule has 3 aromatic rings. The maximum absolute atomic E-state index is 12.1. The Labute approximate surface area is 171 Å². The second-order valence-corrected chi connectivity index (χ2v) is 7.08. The molecule has 0 radical (unpaired) electrons. The third-order valence-corrected chi connectivity index (χ3v) is 5.14. The summed E-state index contributed by atoms with van der Waals surface area (Å²) in [5, 5.41) is 5.41. The first-order valence-corrected chi connectivity index (χ1v) is 9.68. The smallest absolute Gasteiger partial charge is 0.250 e. The Balaban J connectivity index is 1.60. The van der Waals surface area contributed by atoms with Gasteiger partial charge in [-0.1, -0.05) is 29.8 Å². The Morgan fingerprint density at radius 1 is 1.25 bits per heavy atom. The minimum atomic E-state index is -0.222.